The maximum absolute atomic E-state index is 12.4. The van der Waals surface area contributed by atoms with Gasteiger partial charge in [0.1, 0.15) is 5.75 Å². The Bertz CT molecular complexity index is 1210. The van der Waals surface area contributed by atoms with Crippen LogP contribution in [0.5, 0.6) is 11.6 Å². The number of aryl methyl sites for hydroxylation is 1. The molecule has 4 rings (SSSR count). The van der Waals surface area contributed by atoms with E-state index in [2.05, 4.69) is 30.6 Å². The van der Waals surface area contributed by atoms with Crippen molar-refractivity contribution < 1.29 is 9.53 Å². The number of aromatic nitrogens is 4. The van der Waals surface area contributed by atoms with Crippen LogP contribution in [-0.2, 0) is 0 Å². The van der Waals surface area contributed by atoms with Crippen LogP contribution in [0.3, 0.4) is 0 Å². The number of nitrogens with zero attached hydrogens (tertiary/aromatic N) is 4. The van der Waals surface area contributed by atoms with Crippen molar-refractivity contribution in [2.45, 2.75) is 6.92 Å². The fraction of sp³-hybridized carbons (Fsp3) is 0.0870. The van der Waals surface area contributed by atoms with Crippen LogP contribution in [0.25, 0.3) is 11.3 Å². The number of hydrogen-bond donors (Lipinski definition) is 2. The summed E-state index contributed by atoms with van der Waals surface area (Å²) in [5.41, 5.74) is 3.50. The summed E-state index contributed by atoms with van der Waals surface area (Å²) < 4.78 is 6.10. The molecule has 2 N–H and O–H groups in total. The first-order valence-corrected chi connectivity index (χ1v) is 9.60. The Hall–Kier alpha value is -4.33. The summed E-state index contributed by atoms with van der Waals surface area (Å²) in [5.74, 6) is 1.37. The molecule has 154 valence electrons. The monoisotopic (exact) mass is 412 g/mol. The average Bonchev–Trinajstić information content (AvgIpc) is 2.82. The standard InChI is InChI=1S/C23H20N6O2/c1-15-14-17(28-21(30)16-7-11-25-12-8-16)5-6-20(15)31-22-18(4-3-10-26-22)19-9-13-27-23(24-2)29-19/h3-14H,1-2H3,(H,28,30)(H,24,27,29). The van der Waals surface area contributed by atoms with E-state index in [9.17, 15) is 4.79 Å². The molecule has 8 nitrogen and oxygen atoms in total. The molecule has 3 heterocycles. The minimum absolute atomic E-state index is 0.202. The highest BCUT2D eigenvalue weighted by Crippen LogP contribution is 2.32. The Morgan fingerprint density at radius 3 is 2.58 bits per heavy atom. The molecule has 1 amide bonds. The fourth-order valence-electron chi connectivity index (χ4n) is 2.95. The number of benzene rings is 1. The molecule has 3 aromatic heterocycles. The van der Waals surface area contributed by atoms with Gasteiger partial charge in [0.05, 0.1) is 11.3 Å². The van der Waals surface area contributed by atoms with Gasteiger partial charge in [0.2, 0.25) is 11.8 Å². The van der Waals surface area contributed by atoms with Crippen molar-refractivity contribution in [1.82, 2.24) is 19.9 Å². The van der Waals surface area contributed by atoms with Gasteiger partial charge in [-0.05, 0) is 61.0 Å². The zero-order valence-corrected chi connectivity index (χ0v) is 17.0. The normalized spacial score (nSPS) is 10.4. The van der Waals surface area contributed by atoms with Crippen LogP contribution in [0.15, 0.2) is 73.3 Å². The third-order valence-corrected chi connectivity index (χ3v) is 4.51. The molecule has 0 saturated carbocycles. The predicted molar refractivity (Wildman–Crippen MR) is 118 cm³/mol. The van der Waals surface area contributed by atoms with Gasteiger partial charge in [0, 0.05) is 43.1 Å². The summed E-state index contributed by atoms with van der Waals surface area (Å²) in [5, 5.41) is 5.81. The van der Waals surface area contributed by atoms with E-state index in [1.807, 2.05) is 25.1 Å². The molecule has 0 aliphatic carbocycles. The predicted octanol–water partition coefficient (Wildman–Crippen LogP) is 4.33. The molecule has 0 bridgehead atoms. The van der Waals surface area contributed by atoms with Gasteiger partial charge in [-0.25, -0.2) is 15.0 Å². The number of rotatable bonds is 6. The molecule has 0 radical (unpaired) electrons. The Morgan fingerprint density at radius 2 is 1.81 bits per heavy atom. The minimum Gasteiger partial charge on any atom is -0.438 e. The number of carbonyl (C=O) groups is 1. The largest absolute Gasteiger partial charge is 0.438 e. The number of carbonyl (C=O) groups excluding carboxylic acids is 1. The molecule has 8 heteroatoms. The van der Waals surface area contributed by atoms with Gasteiger partial charge >= 0.3 is 0 Å². The third-order valence-electron chi connectivity index (χ3n) is 4.51. The molecule has 31 heavy (non-hydrogen) atoms. The summed E-state index contributed by atoms with van der Waals surface area (Å²) in [4.78, 5) is 29.3. The Kier molecular flexibility index (Phi) is 5.79. The molecular weight excluding hydrogens is 392 g/mol. The summed E-state index contributed by atoms with van der Waals surface area (Å²) >= 11 is 0. The lowest BCUT2D eigenvalue weighted by Gasteiger charge is -2.13. The second kappa shape index (κ2) is 9.00. The van der Waals surface area contributed by atoms with Crippen molar-refractivity contribution in [3.8, 4) is 22.9 Å². The van der Waals surface area contributed by atoms with Crippen molar-refractivity contribution in [2.75, 3.05) is 17.7 Å². The van der Waals surface area contributed by atoms with E-state index in [1.54, 1.807) is 62.2 Å². The molecule has 0 fully saturated rings. The van der Waals surface area contributed by atoms with E-state index >= 15 is 0 Å². The van der Waals surface area contributed by atoms with Gasteiger partial charge in [-0.3, -0.25) is 9.78 Å². The van der Waals surface area contributed by atoms with Crippen LogP contribution in [-0.4, -0.2) is 32.9 Å². The third kappa shape index (κ3) is 4.64. The van der Waals surface area contributed by atoms with Crippen LogP contribution in [0, 0.1) is 6.92 Å². The molecule has 0 saturated heterocycles. The summed E-state index contributed by atoms with van der Waals surface area (Å²) in [7, 11) is 1.76. The smallest absolute Gasteiger partial charge is 0.255 e. The van der Waals surface area contributed by atoms with Gasteiger partial charge < -0.3 is 15.4 Å². The van der Waals surface area contributed by atoms with Crippen molar-refractivity contribution in [3.05, 3.63) is 84.4 Å². The zero-order chi connectivity index (χ0) is 21.6. The molecule has 0 atom stereocenters. The Balaban J connectivity index is 1.56. The van der Waals surface area contributed by atoms with E-state index < -0.39 is 0 Å². The fourth-order valence-corrected chi connectivity index (χ4v) is 2.95. The van der Waals surface area contributed by atoms with E-state index in [4.69, 9.17) is 4.74 Å². The first kappa shape index (κ1) is 20.0. The van der Waals surface area contributed by atoms with Crippen molar-refractivity contribution in [3.63, 3.8) is 0 Å². The molecule has 0 aliphatic rings. The van der Waals surface area contributed by atoms with E-state index in [-0.39, 0.29) is 5.91 Å². The average molecular weight is 412 g/mol. The van der Waals surface area contributed by atoms with Crippen molar-refractivity contribution in [1.29, 1.82) is 0 Å². The van der Waals surface area contributed by atoms with Crippen LogP contribution in [0.2, 0.25) is 0 Å². The molecule has 1 aromatic carbocycles. The molecular formula is C23H20N6O2. The summed E-state index contributed by atoms with van der Waals surface area (Å²) in [6.45, 7) is 1.91. The highest BCUT2D eigenvalue weighted by Gasteiger charge is 2.13. The summed E-state index contributed by atoms with van der Waals surface area (Å²) in [6.07, 6.45) is 6.51. The second-order valence-corrected chi connectivity index (χ2v) is 6.64. The van der Waals surface area contributed by atoms with Crippen molar-refractivity contribution in [2.24, 2.45) is 0 Å². The van der Waals surface area contributed by atoms with Gasteiger partial charge in [0.15, 0.2) is 0 Å². The topological polar surface area (TPSA) is 102 Å². The highest BCUT2D eigenvalue weighted by molar-refractivity contribution is 6.04. The van der Waals surface area contributed by atoms with Crippen LogP contribution < -0.4 is 15.4 Å². The number of ether oxygens (including phenoxy) is 1. The molecule has 0 aliphatic heterocycles. The number of hydrogen-bond acceptors (Lipinski definition) is 7. The van der Waals surface area contributed by atoms with Crippen molar-refractivity contribution >= 4 is 17.5 Å². The van der Waals surface area contributed by atoms with E-state index in [0.29, 0.717) is 34.5 Å². The Morgan fingerprint density at radius 1 is 0.968 bits per heavy atom. The number of anilines is 2. The van der Waals surface area contributed by atoms with Crippen LogP contribution in [0.1, 0.15) is 15.9 Å². The Labute approximate surface area is 179 Å². The van der Waals surface area contributed by atoms with Gasteiger partial charge in [-0.2, -0.15) is 0 Å². The number of pyridine rings is 2. The van der Waals surface area contributed by atoms with Gasteiger partial charge in [-0.1, -0.05) is 0 Å². The van der Waals surface area contributed by atoms with E-state index in [0.717, 1.165) is 11.1 Å². The lowest BCUT2D eigenvalue weighted by Crippen LogP contribution is -2.11. The summed E-state index contributed by atoms with van der Waals surface area (Å²) in [6, 6.07) is 14.3. The lowest BCUT2D eigenvalue weighted by molar-refractivity contribution is 0.102. The van der Waals surface area contributed by atoms with Crippen LogP contribution >= 0.6 is 0 Å². The maximum atomic E-state index is 12.4. The van der Waals surface area contributed by atoms with Crippen LogP contribution in [0.4, 0.5) is 11.6 Å². The highest BCUT2D eigenvalue weighted by atomic mass is 16.5. The minimum atomic E-state index is -0.202. The number of amides is 1. The second-order valence-electron chi connectivity index (χ2n) is 6.64. The molecule has 4 aromatic rings. The number of nitrogens with one attached hydrogen (secondary N) is 2. The quantitative estimate of drug-likeness (QED) is 0.486. The molecule has 0 unspecified atom stereocenters. The first-order chi connectivity index (χ1) is 15.1. The molecule has 0 spiro atoms. The SMILES string of the molecule is CNc1nccc(-c2cccnc2Oc2ccc(NC(=O)c3ccncc3)cc2C)n1. The lowest BCUT2D eigenvalue weighted by atomic mass is 10.1. The first-order valence-electron chi connectivity index (χ1n) is 9.60. The maximum Gasteiger partial charge on any atom is 0.255 e. The zero-order valence-electron chi connectivity index (χ0n) is 17.0. The van der Waals surface area contributed by atoms with Gasteiger partial charge in [-0.15, -0.1) is 0 Å². The van der Waals surface area contributed by atoms with E-state index in [1.165, 1.54) is 0 Å². The van der Waals surface area contributed by atoms with Gasteiger partial charge in [0.25, 0.3) is 5.91 Å².